The fraction of sp³-hybridized carbons (Fsp3) is 0.667. The summed E-state index contributed by atoms with van der Waals surface area (Å²) >= 11 is 0. The van der Waals surface area contributed by atoms with E-state index in [0.717, 1.165) is 18.3 Å². The molecule has 4 bridgehead atoms. The highest BCUT2D eigenvalue weighted by Crippen LogP contribution is 2.79. The molecule has 6 atom stereocenters. The van der Waals surface area contributed by atoms with E-state index in [1.54, 1.807) is 23.3 Å². The Hall–Kier alpha value is -1.18. The molecule has 6 rings (SSSR count). The van der Waals surface area contributed by atoms with E-state index in [4.69, 9.17) is 0 Å². The summed E-state index contributed by atoms with van der Waals surface area (Å²) in [5.74, 6) is 2.99. The first-order valence-corrected chi connectivity index (χ1v) is 8.22. The summed E-state index contributed by atoms with van der Waals surface area (Å²) < 4.78 is 0. The normalized spacial score (nSPS) is 52.2. The fourth-order valence-electron chi connectivity index (χ4n) is 7.12. The molecule has 1 spiro atoms. The number of fused-ring (bicyclic) bond motifs is 9. The first-order chi connectivity index (χ1) is 9.72. The Morgan fingerprint density at radius 2 is 1.35 bits per heavy atom. The van der Waals surface area contributed by atoms with Gasteiger partial charge < -0.3 is 0 Å². The van der Waals surface area contributed by atoms with Crippen LogP contribution in [0.3, 0.4) is 0 Å². The highest BCUT2D eigenvalue weighted by Gasteiger charge is 2.71. The molecule has 0 amide bonds. The lowest BCUT2D eigenvalue weighted by atomic mass is 9.67. The third-order valence-electron chi connectivity index (χ3n) is 7.67. The maximum atomic E-state index is 12.3. The maximum absolute atomic E-state index is 12.3. The van der Waals surface area contributed by atoms with Crippen molar-refractivity contribution in [3.8, 4) is 0 Å². The van der Waals surface area contributed by atoms with Gasteiger partial charge in [0, 0.05) is 11.8 Å². The molecule has 0 aliphatic heterocycles. The molecule has 20 heavy (non-hydrogen) atoms. The van der Waals surface area contributed by atoms with Crippen LogP contribution in [0.1, 0.15) is 32.1 Å². The Labute approximate surface area is 118 Å². The lowest BCUT2D eigenvalue weighted by molar-refractivity contribution is -0.129. The van der Waals surface area contributed by atoms with Crippen LogP contribution in [0.2, 0.25) is 0 Å². The molecule has 2 heteroatoms. The molecular weight excluding hydrogens is 248 g/mol. The molecule has 0 saturated heterocycles. The van der Waals surface area contributed by atoms with Crippen LogP contribution < -0.4 is 0 Å². The molecule has 0 unspecified atom stereocenters. The van der Waals surface area contributed by atoms with Gasteiger partial charge in [0.1, 0.15) is 0 Å². The Kier molecular flexibility index (Phi) is 1.52. The minimum absolute atomic E-state index is 0.0198. The lowest BCUT2D eigenvalue weighted by Crippen LogP contribution is -2.38. The van der Waals surface area contributed by atoms with Crippen LogP contribution in [-0.2, 0) is 9.59 Å². The first kappa shape index (κ1) is 10.5. The molecule has 3 fully saturated rings. The van der Waals surface area contributed by atoms with Gasteiger partial charge in [-0.15, -0.1) is 0 Å². The van der Waals surface area contributed by atoms with Crippen molar-refractivity contribution in [1.29, 1.82) is 0 Å². The van der Waals surface area contributed by atoms with Crippen LogP contribution in [0.15, 0.2) is 23.3 Å². The molecule has 6 aliphatic carbocycles. The summed E-state index contributed by atoms with van der Waals surface area (Å²) in [6.45, 7) is 0. The van der Waals surface area contributed by atoms with Gasteiger partial charge in [-0.25, -0.2) is 0 Å². The van der Waals surface area contributed by atoms with Crippen molar-refractivity contribution < 1.29 is 9.59 Å². The number of carbonyl (C=O) groups is 2. The smallest absolute Gasteiger partial charge is 0.160 e. The van der Waals surface area contributed by atoms with E-state index < -0.39 is 0 Å². The highest BCUT2D eigenvalue weighted by atomic mass is 16.1. The van der Waals surface area contributed by atoms with Gasteiger partial charge in [-0.1, -0.05) is 11.1 Å². The summed E-state index contributed by atoms with van der Waals surface area (Å²) in [5.41, 5.74) is 4.01. The zero-order chi connectivity index (χ0) is 13.2. The second-order valence-corrected chi connectivity index (χ2v) is 7.96. The predicted molar refractivity (Wildman–Crippen MR) is 72.6 cm³/mol. The van der Waals surface area contributed by atoms with Gasteiger partial charge in [0.05, 0.1) is 0 Å². The molecule has 0 radical (unpaired) electrons. The number of carbonyl (C=O) groups excluding carboxylic acids is 2. The van der Waals surface area contributed by atoms with Gasteiger partial charge in [0.25, 0.3) is 0 Å². The second kappa shape index (κ2) is 2.88. The molecule has 0 N–H and O–H groups in total. The van der Waals surface area contributed by atoms with Crippen molar-refractivity contribution in [2.45, 2.75) is 32.1 Å². The van der Waals surface area contributed by atoms with Gasteiger partial charge in [-0.3, -0.25) is 9.59 Å². The number of hydrogen-bond acceptors (Lipinski definition) is 2. The van der Waals surface area contributed by atoms with Crippen molar-refractivity contribution in [3.63, 3.8) is 0 Å². The van der Waals surface area contributed by atoms with Crippen LogP contribution in [0.5, 0.6) is 0 Å². The summed E-state index contributed by atoms with van der Waals surface area (Å²) in [4.78, 5) is 24.6. The van der Waals surface area contributed by atoms with Crippen molar-refractivity contribution in [3.05, 3.63) is 23.3 Å². The average Bonchev–Trinajstić information content (AvgIpc) is 2.77. The molecule has 3 saturated carbocycles. The van der Waals surface area contributed by atoms with Crippen LogP contribution in [0.25, 0.3) is 0 Å². The first-order valence-electron chi connectivity index (χ1n) is 8.22. The molecule has 0 heterocycles. The van der Waals surface area contributed by atoms with Gasteiger partial charge in [-0.2, -0.15) is 0 Å². The molecule has 102 valence electrons. The minimum Gasteiger partial charge on any atom is -0.294 e. The quantitative estimate of drug-likeness (QED) is 0.632. The van der Waals surface area contributed by atoms with E-state index in [-0.39, 0.29) is 23.4 Å². The second-order valence-electron chi connectivity index (χ2n) is 7.96. The van der Waals surface area contributed by atoms with Crippen LogP contribution in [0.4, 0.5) is 0 Å². The fourth-order valence-corrected chi connectivity index (χ4v) is 7.12. The number of hydrogen-bond donors (Lipinski definition) is 0. The highest BCUT2D eigenvalue weighted by molar-refractivity contribution is 6.08. The van der Waals surface area contributed by atoms with Crippen molar-refractivity contribution >= 4 is 11.6 Å². The summed E-state index contributed by atoms with van der Waals surface area (Å²) in [6, 6.07) is 0. The summed E-state index contributed by atoms with van der Waals surface area (Å²) in [5, 5.41) is 0. The van der Waals surface area contributed by atoms with Crippen LogP contribution in [-0.4, -0.2) is 11.6 Å². The monoisotopic (exact) mass is 266 g/mol. The zero-order valence-electron chi connectivity index (χ0n) is 11.5. The Bertz CT molecular complexity index is 598. The van der Waals surface area contributed by atoms with Gasteiger partial charge >= 0.3 is 0 Å². The minimum atomic E-state index is 0.0198. The zero-order valence-corrected chi connectivity index (χ0v) is 11.5. The van der Waals surface area contributed by atoms with E-state index in [1.807, 2.05) is 0 Å². The molecular formula is C18H18O2. The Balaban J connectivity index is 1.54. The number of allylic oxidation sites excluding steroid dienone is 4. The van der Waals surface area contributed by atoms with Crippen molar-refractivity contribution in [2.75, 3.05) is 0 Å². The standard InChI is InChI=1S/C18H18O2/c19-12-3-4-13(20)17-9-7-8(16(12)17)14-10-1-2-11(15(9)14)18(10)5-6-18/h3-4,8-11,16-17H,1-2,5-7H2/t8-,9-,10+,11+,16+,17+/m0/s1. The summed E-state index contributed by atoms with van der Waals surface area (Å²) in [6.07, 6.45) is 9.77. The Morgan fingerprint density at radius 1 is 0.850 bits per heavy atom. The van der Waals surface area contributed by atoms with Gasteiger partial charge in [-0.05, 0) is 73.3 Å². The number of ketones is 2. The molecule has 6 aliphatic rings. The third kappa shape index (κ3) is 0.864. The predicted octanol–water partition coefficient (Wildman–Crippen LogP) is 2.69. The number of rotatable bonds is 0. The van der Waals surface area contributed by atoms with E-state index >= 15 is 0 Å². The van der Waals surface area contributed by atoms with Gasteiger partial charge in [0.2, 0.25) is 0 Å². The molecule has 0 aromatic carbocycles. The van der Waals surface area contributed by atoms with E-state index in [1.165, 1.54) is 25.7 Å². The Morgan fingerprint density at radius 3 is 1.80 bits per heavy atom. The molecule has 0 aromatic heterocycles. The van der Waals surface area contributed by atoms with E-state index in [2.05, 4.69) is 0 Å². The van der Waals surface area contributed by atoms with Crippen LogP contribution in [0, 0.1) is 40.9 Å². The largest absolute Gasteiger partial charge is 0.294 e. The van der Waals surface area contributed by atoms with Gasteiger partial charge in [0.15, 0.2) is 11.6 Å². The van der Waals surface area contributed by atoms with E-state index in [9.17, 15) is 9.59 Å². The SMILES string of the molecule is O=C1C=CC(=O)[C@@H]2[C@@H]1[C@H]1C[C@H]2C2=C1[C@H]1CC[C@H]2C12CC2. The molecule has 2 nitrogen and oxygen atoms in total. The lowest BCUT2D eigenvalue weighted by Gasteiger charge is -2.35. The van der Waals surface area contributed by atoms with Crippen molar-refractivity contribution in [2.24, 2.45) is 40.9 Å². The third-order valence-corrected chi connectivity index (χ3v) is 7.67. The molecule has 0 aromatic rings. The topological polar surface area (TPSA) is 34.1 Å². The van der Waals surface area contributed by atoms with Crippen LogP contribution >= 0.6 is 0 Å². The average molecular weight is 266 g/mol. The summed E-state index contributed by atoms with van der Waals surface area (Å²) in [7, 11) is 0. The van der Waals surface area contributed by atoms with Crippen molar-refractivity contribution in [1.82, 2.24) is 0 Å². The van der Waals surface area contributed by atoms with E-state index in [0.29, 0.717) is 17.3 Å². The maximum Gasteiger partial charge on any atom is 0.160 e.